The van der Waals surface area contributed by atoms with Crippen LogP contribution in [0.3, 0.4) is 0 Å². The molecule has 0 rings (SSSR count). The van der Waals surface area contributed by atoms with Gasteiger partial charge in [-0.25, -0.2) is 4.79 Å². The van der Waals surface area contributed by atoms with Gasteiger partial charge in [0.2, 0.25) is 0 Å². The fraction of sp³-hybridized carbons (Fsp3) is 0.909. The molecule has 0 radical (unpaired) electrons. The van der Waals surface area contributed by atoms with Gasteiger partial charge in [0.15, 0.2) is 0 Å². The monoisotopic (exact) mass is 216 g/mol. The molecule has 0 aromatic heterocycles. The fourth-order valence-corrected chi connectivity index (χ4v) is 1.70. The Morgan fingerprint density at radius 2 is 1.80 bits per heavy atom. The first-order valence-corrected chi connectivity index (χ1v) is 5.29. The van der Waals surface area contributed by atoms with Crippen molar-refractivity contribution in [2.75, 3.05) is 13.7 Å². The zero-order valence-electron chi connectivity index (χ0n) is 10.8. The summed E-state index contributed by atoms with van der Waals surface area (Å²) in [6.07, 6.45) is 0.418. The topological polar surface area (TPSA) is 55.6 Å². The van der Waals surface area contributed by atoms with Crippen molar-refractivity contribution >= 4 is 6.09 Å². The molecule has 4 nitrogen and oxygen atoms in total. The maximum absolute atomic E-state index is 11.5. The predicted octanol–water partition coefficient (Wildman–Crippen LogP) is 1.98. The van der Waals surface area contributed by atoms with Crippen LogP contribution in [0.5, 0.6) is 0 Å². The number of nitrogens with two attached hydrogens (primary N) is 1. The molecule has 4 heteroatoms. The van der Waals surface area contributed by atoms with Gasteiger partial charge in [-0.05, 0) is 41.0 Å². The Morgan fingerprint density at radius 3 is 2.13 bits per heavy atom. The average molecular weight is 216 g/mol. The van der Waals surface area contributed by atoms with E-state index in [0.717, 1.165) is 6.42 Å². The summed E-state index contributed by atoms with van der Waals surface area (Å²) in [5.74, 6) is 0. The second-order valence-corrected chi connectivity index (χ2v) is 5.24. The van der Waals surface area contributed by atoms with Crippen molar-refractivity contribution in [1.29, 1.82) is 0 Å². The first-order chi connectivity index (χ1) is 6.60. The summed E-state index contributed by atoms with van der Waals surface area (Å²) in [4.78, 5) is 13.1. The van der Waals surface area contributed by atoms with Crippen molar-refractivity contribution in [3.05, 3.63) is 0 Å². The molecule has 0 unspecified atom stereocenters. The Kier molecular flexibility index (Phi) is 4.59. The van der Waals surface area contributed by atoms with Crippen LogP contribution in [-0.2, 0) is 4.74 Å². The van der Waals surface area contributed by atoms with E-state index in [9.17, 15) is 4.79 Å². The fourth-order valence-electron chi connectivity index (χ4n) is 1.70. The maximum atomic E-state index is 11.5. The van der Waals surface area contributed by atoms with Crippen molar-refractivity contribution in [2.24, 2.45) is 5.73 Å². The largest absolute Gasteiger partial charge is 0.450 e. The van der Waals surface area contributed by atoms with Crippen molar-refractivity contribution in [3.8, 4) is 0 Å². The van der Waals surface area contributed by atoms with Crippen LogP contribution < -0.4 is 5.73 Å². The summed E-state index contributed by atoms with van der Waals surface area (Å²) in [5, 5.41) is 0. The molecule has 0 heterocycles. The van der Waals surface area contributed by atoms with Gasteiger partial charge < -0.3 is 15.4 Å². The molecule has 90 valence electrons. The summed E-state index contributed by atoms with van der Waals surface area (Å²) >= 11 is 0. The van der Waals surface area contributed by atoms with E-state index >= 15 is 0 Å². The van der Waals surface area contributed by atoms with Crippen LogP contribution in [0.2, 0.25) is 0 Å². The van der Waals surface area contributed by atoms with Gasteiger partial charge in [-0.2, -0.15) is 0 Å². The minimum atomic E-state index is -0.301. The molecule has 2 N–H and O–H groups in total. The second kappa shape index (κ2) is 4.84. The Balaban J connectivity index is 4.51. The number of rotatable bonds is 4. The molecular weight excluding hydrogens is 192 g/mol. The van der Waals surface area contributed by atoms with Crippen LogP contribution >= 0.6 is 0 Å². The van der Waals surface area contributed by atoms with Crippen LogP contribution in [0, 0.1) is 0 Å². The number of carbonyl (C=O) groups excluding carboxylic acids is 1. The molecule has 1 amide bonds. The zero-order chi connectivity index (χ0) is 12.3. The van der Waals surface area contributed by atoms with E-state index in [2.05, 4.69) is 0 Å². The molecule has 0 fully saturated rings. The van der Waals surface area contributed by atoms with Gasteiger partial charge in [0.25, 0.3) is 0 Å². The van der Waals surface area contributed by atoms with Crippen molar-refractivity contribution < 1.29 is 9.53 Å². The summed E-state index contributed by atoms with van der Waals surface area (Å²) < 4.78 is 4.95. The van der Waals surface area contributed by atoms with Crippen molar-refractivity contribution in [2.45, 2.75) is 52.1 Å². The molecule has 0 aromatic carbocycles. The van der Waals surface area contributed by atoms with Gasteiger partial charge in [-0.15, -0.1) is 0 Å². The van der Waals surface area contributed by atoms with Gasteiger partial charge in [0, 0.05) is 18.1 Å². The molecule has 0 aliphatic rings. The number of carbonyl (C=O) groups is 1. The highest BCUT2D eigenvalue weighted by atomic mass is 16.6. The highest BCUT2D eigenvalue weighted by Gasteiger charge is 2.33. The second-order valence-electron chi connectivity index (χ2n) is 5.24. The van der Waals surface area contributed by atoms with Gasteiger partial charge in [0.1, 0.15) is 0 Å². The highest BCUT2D eigenvalue weighted by molar-refractivity contribution is 5.68. The van der Waals surface area contributed by atoms with Crippen LogP contribution in [0.4, 0.5) is 4.79 Å². The Labute approximate surface area is 92.8 Å². The standard InChI is InChI=1S/C11H24N2O2/c1-7-15-9(14)13(6)11(4,5)8-10(2,3)12/h7-8,12H2,1-6H3. The maximum Gasteiger partial charge on any atom is 0.409 e. The normalized spacial score (nSPS) is 12.5. The Hall–Kier alpha value is -0.770. The summed E-state index contributed by atoms with van der Waals surface area (Å²) in [6.45, 7) is 10.1. The number of hydrogen-bond acceptors (Lipinski definition) is 3. The first-order valence-electron chi connectivity index (χ1n) is 5.29. The molecular formula is C11H24N2O2. The van der Waals surface area contributed by atoms with Crippen molar-refractivity contribution in [1.82, 2.24) is 4.90 Å². The molecule has 0 saturated carbocycles. The van der Waals surface area contributed by atoms with E-state index in [0.29, 0.717) is 6.61 Å². The number of hydrogen-bond donors (Lipinski definition) is 1. The SMILES string of the molecule is CCOC(=O)N(C)C(C)(C)CC(C)(C)N. The lowest BCUT2D eigenvalue weighted by Gasteiger charge is -2.39. The van der Waals surface area contributed by atoms with E-state index in [-0.39, 0.29) is 17.2 Å². The molecule has 0 aliphatic carbocycles. The van der Waals surface area contributed by atoms with Gasteiger partial charge in [0.05, 0.1) is 6.61 Å². The smallest absolute Gasteiger partial charge is 0.409 e. The highest BCUT2D eigenvalue weighted by Crippen LogP contribution is 2.23. The van der Waals surface area contributed by atoms with Crippen LogP contribution in [0.25, 0.3) is 0 Å². The third kappa shape index (κ3) is 5.02. The van der Waals surface area contributed by atoms with Gasteiger partial charge >= 0.3 is 6.09 Å². The molecule has 0 bridgehead atoms. The minimum Gasteiger partial charge on any atom is -0.450 e. The first kappa shape index (κ1) is 14.2. The van der Waals surface area contributed by atoms with E-state index in [1.165, 1.54) is 0 Å². The van der Waals surface area contributed by atoms with E-state index in [4.69, 9.17) is 10.5 Å². The lowest BCUT2D eigenvalue weighted by molar-refractivity contribution is 0.0693. The van der Waals surface area contributed by atoms with Gasteiger partial charge in [-0.3, -0.25) is 0 Å². The molecule has 0 aliphatic heterocycles. The lowest BCUT2D eigenvalue weighted by Crippen LogP contribution is -2.51. The molecule has 0 aromatic rings. The third-order valence-corrected chi connectivity index (χ3v) is 2.34. The number of ether oxygens (including phenoxy) is 1. The molecule has 0 atom stereocenters. The quantitative estimate of drug-likeness (QED) is 0.781. The van der Waals surface area contributed by atoms with E-state index < -0.39 is 0 Å². The molecule has 15 heavy (non-hydrogen) atoms. The van der Waals surface area contributed by atoms with E-state index in [1.807, 2.05) is 27.7 Å². The summed E-state index contributed by atoms with van der Waals surface area (Å²) in [7, 11) is 1.74. The molecule has 0 spiro atoms. The third-order valence-electron chi connectivity index (χ3n) is 2.34. The minimum absolute atomic E-state index is 0.299. The zero-order valence-corrected chi connectivity index (χ0v) is 10.8. The predicted molar refractivity (Wildman–Crippen MR) is 61.7 cm³/mol. The van der Waals surface area contributed by atoms with Gasteiger partial charge in [-0.1, -0.05) is 0 Å². The van der Waals surface area contributed by atoms with Crippen LogP contribution in [0.15, 0.2) is 0 Å². The summed E-state index contributed by atoms with van der Waals surface area (Å²) in [6, 6.07) is 0. The van der Waals surface area contributed by atoms with Crippen molar-refractivity contribution in [3.63, 3.8) is 0 Å². The summed E-state index contributed by atoms with van der Waals surface area (Å²) in [5.41, 5.74) is 5.35. The van der Waals surface area contributed by atoms with E-state index in [1.54, 1.807) is 18.9 Å². The van der Waals surface area contributed by atoms with Crippen LogP contribution in [0.1, 0.15) is 41.0 Å². The number of nitrogens with zero attached hydrogens (tertiary/aromatic N) is 1. The number of amides is 1. The van der Waals surface area contributed by atoms with Crippen LogP contribution in [-0.4, -0.2) is 35.7 Å². The average Bonchev–Trinajstić information content (AvgIpc) is 1.98. The lowest BCUT2D eigenvalue weighted by atomic mass is 9.87. The Bertz CT molecular complexity index is 219. The molecule has 0 saturated heterocycles. The Morgan fingerprint density at radius 1 is 1.33 bits per heavy atom.